The molecule has 0 bridgehead atoms. The zero-order valence-electron chi connectivity index (χ0n) is 21.3. The lowest BCUT2D eigenvalue weighted by molar-refractivity contribution is 0.0532. The molecule has 1 atom stereocenters. The molecule has 1 aliphatic heterocycles. The van der Waals surface area contributed by atoms with Crippen LogP contribution < -0.4 is 10.2 Å². The number of rotatable bonds is 5. The van der Waals surface area contributed by atoms with E-state index < -0.39 is 0 Å². The largest absolute Gasteiger partial charge is 0.375 e. The summed E-state index contributed by atoms with van der Waals surface area (Å²) in [7, 11) is 0. The highest BCUT2D eigenvalue weighted by molar-refractivity contribution is 5.90. The fraction of sp³-hybridized carbons (Fsp3) is 0.423. The number of anilines is 1. The van der Waals surface area contributed by atoms with Crippen molar-refractivity contribution in [3.63, 3.8) is 0 Å². The molecule has 36 heavy (non-hydrogen) atoms. The van der Waals surface area contributed by atoms with Crippen molar-refractivity contribution in [3.05, 3.63) is 59.6 Å². The van der Waals surface area contributed by atoms with Gasteiger partial charge in [0.15, 0.2) is 0 Å². The Kier molecular flexibility index (Phi) is 6.21. The summed E-state index contributed by atoms with van der Waals surface area (Å²) in [6, 6.07) is 8.24. The summed E-state index contributed by atoms with van der Waals surface area (Å²) in [5.41, 5.74) is 5.63. The van der Waals surface area contributed by atoms with Crippen LogP contribution in [0.3, 0.4) is 0 Å². The number of aromatic nitrogens is 5. The van der Waals surface area contributed by atoms with Crippen LogP contribution in [0.1, 0.15) is 55.3 Å². The minimum atomic E-state index is -0.367. The predicted octanol–water partition coefficient (Wildman–Crippen LogP) is 3.54. The van der Waals surface area contributed by atoms with E-state index in [9.17, 15) is 4.79 Å². The average molecular weight is 490 g/mol. The Morgan fingerprint density at radius 2 is 2.08 bits per heavy atom. The number of morpholine rings is 1. The van der Waals surface area contributed by atoms with Crippen molar-refractivity contribution in [2.45, 2.75) is 52.7 Å². The van der Waals surface area contributed by atoms with Gasteiger partial charge in [-0.05, 0) is 37.1 Å². The van der Waals surface area contributed by atoms with E-state index in [4.69, 9.17) is 9.26 Å². The molecule has 0 aliphatic carbocycles. The number of benzene rings is 1. The molecule has 1 amide bonds. The Balaban J connectivity index is 1.33. The van der Waals surface area contributed by atoms with Crippen LogP contribution in [0.4, 0.5) is 5.69 Å². The van der Waals surface area contributed by atoms with Crippen LogP contribution in [0, 0.1) is 6.92 Å². The number of carbonyl (C=O) groups is 1. The lowest BCUT2D eigenvalue weighted by Crippen LogP contribution is -2.40. The second-order valence-electron chi connectivity index (χ2n) is 10.3. The predicted molar refractivity (Wildman–Crippen MR) is 135 cm³/mol. The maximum absolute atomic E-state index is 12.5. The monoisotopic (exact) mass is 489 g/mol. The van der Waals surface area contributed by atoms with Crippen LogP contribution in [0.15, 0.2) is 41.3 Å². The molecule has 1 saturated heterocycles. The van der Waals surface area contributed by atoms with Crippen LogP contribution in [0.5, 0.6) is 0 Å². The molecule has 0 saturated carbocycles. The van der Waals surface area contributed by atoms with Gasteiger partial charge in [0.05, 0.1) is 35.8 Å². The highest BCUT2D eigenvalue weighted by Gasteiger charge is 2.24. The number of nitrogens with one attached hydrogen (secondary N) is 1. The highest BCUT2D eigenvalue weighted by atomic mass is 16.5. The topological polar surface area (TPSA) is 111 Å². The summed E-state index contributed by atoms with van der Waals surface area (Å²) < 4.78 is 12.8. The molecule has 10 nitrogen and oxygen atoms in total. The number of carbonyl (C=O) groups excluding carboxylic acids is 1. The molecule has 188 valence electrons. The molecule has 4 aromatic rings. The lowest BCUT2D eigenvalue weighted by Gasteiger charge is -2.31. The van der Waals surface area contributed by atoms with Gasteiger partial charge in [-0.3, -0.25) is 4.79 Å². The second-order valence-corrected chi connectivity index (χ2v) is 10.3. The van der Waals surface area contributed by atoms with E-state index in [0.717, 1.165) is 46.7 Å². The van der Waals surface area contributed by atoms with Crippen LogP contribution in [0.25, 0.3) is 16.8 Å². The normalized spacial score (nSPS) is 16.5. The number of hydrogen-bond acceptors (Lipinski definition) is 8. The van der Waals surface area contributed by atoms with Gasteiger partial charge in [0, 0.05) is 30.6 Å². The molecule has 0 radical (unpaired) electrons. The molecule has 4 heterocycles. The molecule has 0 spiro atoms. The molecular weight excluding hydrogens is 458 g/mol. The second kappa shape index (κ2) is 9.34. The summed E-state index contributed by atoms with van der Waals surface area (Å²) in [6.45, 7) is 12.7. The van der Waals surface area contributed by atoms with E-state index >= 15 is 0 Å². The Bertz CT molecular complexity index is 1400. The summed E-state index contributed by atoms with van der Waals surface area (Å²) in [5.74, 6) is 0.102. The van der Waals surface area contributed by atoms with Crippen molar-refractivity contribution in [1.82, 2.24) is 30.1 Å². The van der Waals surface area contributed by atoms with E-state index in [1.54, 1.807) is 6.33 Å². The van der Waals surface area contributed by atoms with Gasteiger partial charge in [-0.2, -0.15) is 10.1 Å². The standard InChI is InChI=1S/C26H31N7O3/c1-16-10-18(6-7-19(16)12-27-24(34)23-30-25(36-31-23)26(3,4)5)22-21-11-20(14-33(21)29-15-28-22)32-8-9-35-17(2)13-32/h6-7,10-11,14-15,17H,8-9,12-13H2,1-5H3,(H,27,34). The molecule has 3 aromatic heterocycles. The number of fused-ring (bicyclic) bond motifs is 1. The van der Waals surface area contributed by atoms with Crippen molar-refractivity contribution in [2.24, 2.45) is 0 Å². The smallest absolute Gasteiger partial charge is 0.292 e. The average Bonchev–Trinajstić information content (AvgIpc) is 3.51. The first-order chi connectivity index (χ1) is 17.2. The Morgan fingerprint density at radius 3 is 2.81 bits per heavy atom. The van der Waals surface area contributed by atoms with Crippen molar-refractivity contribution < 1.29 is 14.1 Å². The van der Waals surface area contributed by atoms with Gasteiger partial charge in [-0.1, -0.05) is 38.1 Å². The number of nitrogens with zero attached hydrogens (tertiary/aromatic N) is 6. The van der Waals surface area contributed by atoms with Crippen LogP contribution in [-0.2, 0) is 16.7 Å². The molecule has 1 aromatic carbocycles. The third kappa shape index (κ3) is 4.81. The zero-order chi connectivity index (χ0) is 25.4. The number of hydrogen-bond donors (Lipinski definition) is 1. The van der Waals surface area contributed by atoms with Crippen molar-refractivity contribution >= 4 is 17.1 Å². The van der Waals surface area contributed by atoms with Crippen molar-refractivity contribution in [1.29, 1.82) is 0 Å². The van der Waals surface area contributed by atoms with Gasteiger partial charge in [0.25, 0.3) is 11.7 Å². The minimum Gasteiger partial charge on any atom is -0.375 e. The first-order valence-corrected chi connectivity index (χ1v) is 12.1. The molecule has 1 unspecified atom stereocenters. The maximum Gasteiger partial charge on any atom is 0.292 e. The quantitative estimate of drug-likeness (QED) is 0.453. The number of aryl methyl sites for hydroxylation is 1. The first-order valence-electron chi connectivity index (χ1n) is 12.1. The minimum absolute atomic E-state index is 0.0382. The number of ether oxygens (including phenoxy) is 1. The molecule has 1 N–H and O–H groups in total. The molecule has 10 heteroatoms. The Morgan fingerprint density at radius 1 is 1.25 bits per heavy atom. The van der Waals surface area contributed by atoms with Gasteiger partial charge < -0.3 is 19.5 Å². The highest BCUT2D eigenvalue weighted by Crippen LogP contribution is 2.29. The lowest BCUT2D eigenvalue weighted by atomic mass is 9.97. The molecule has 1 fully saturated rings. The van der Waals surface area contributed by atoms with Gasteiger partial charge >= 0.3 is 0 Å². The fourth-order valence-corrected chi connectivity index (χ4v) is 4.28. The van der Waals surface area contributed by atoms with Crippen LogP contribution in [0.2, 0.25) is 0 Å². The summed E-state index contributed by atoms with van der Waals surface area (Å²) in [6.07, 6.45) is 3.82. The van der Waals surface area contributed by atoms with E-state index in [-0.39, 0.29) is 23.3 Å². The zero-order valence-corrected chi connectivity index (χ0v) is 21.3. The SMILES string of the molecule is Cc1cc(-c2ncnn3cc(N4CCOC(C)C4)cc23)ccc1CNC(=O)c1noc(C(C)(C)C)n1. The van der Waals surface area contributed by atoms with E-state index in [2.05, 4.69) is 49.5 Å². The Labute approximate surface area is 209 Å². The van der Waals surface area contributed by atoms with Gasteiger partial charge in [-0.25, -0.2) is 9.50 Å². The third-order valence-electron chi connectivity index (χ3n) is 6.32. The maximum atomic E-state index is 12.5. The van der Waals surface area contributed by atoms with Crippen molar-refractivity contribution in [3.8, 4) is 11.3 Å². The van der Waals surface area contributed by atoms with E-state index in [1.807, 2.05) is 50.5 Å². The van der Waals surface area contributed by atoms with Gasteiger partial charge in [-0.15, -0.1) is 0 Å². The van der Waals surface area contributed by atoms with Gasteiger partial charge in [0.1, 0.15) is 6.33 Å². The van der Waals surface area contributed by atoms with Crippen LogP contribution >= 0.6 is 0 Å². The summed E-state index contributed by atoms with van der Waals surface area (Å²) >= 11 is 0. The summed E-state index contributed by atoms with van der Waals surface area (Å²) in [4.78, 5) is 23.7. The Hall–Kier alpha value is -3.79. The summed E-state index contributed by atoms with van der Waals surface area (Å²) in [5, 5.41) is 11.1. The van der Waals surface area contributed by atoms with E-state index in [0.29, 0.717) is 19.0 Å². The first kappa shape index (κ1) is 23.9. The molecule has 1 aliphatic rings. The van der Waals surface area contributed by atoms with Gasteiger partial charge in [0.2, 0.25) is 5.89 Å². The van der Waals surface area contributed by atoms with Crippen molar-refractivity contribution in [2.75, 3.05) is 24.6 Å². The van der Waals surface area contributed by atoms with Crippen LogP contribution in [-0.4, -0.2) is 56.4 Å². The number of amides is 1. The fourth-order valence-electron chi connectivity index (χ4n) is 4.28. The molecular formula is C26H31N7O3. The molecule has 5 rings (SSSR count). The third-order valence-corrected chi connectivity index (χ3v) is 6.32. The van der Waals surface area contributed by atoms with E-state index in [1.165, 1.54) is 0 Å².